The van der Waals surface area contributed by atoms with E-state index >= 15 is 0 Å². The maximum Gasteiger partial charge on any atom is 0.227 e. The van der Waals surface area contributed by atoms with Gasteiger partial charge in [0.2, 0.25) is 6.19 Å². The lowest BCUT2D eigenvalue weighted by atomic mass is 11.4. The molecule has 7 heavy (non-hydrogen) atoms. The van der Waals surface area contributed by atoms with Crippen LogP contribution in [0, 0.1) is 11.5 Å². The fourth-order valence-electron chi connectivity index (χ4n) is 0.0627. The number of rotatable bonds is 1. The zero-order valence-electron chi connectivity index (χ0n) is 3.24. The molecule has 0 unspecified atom stereocenters. The molecule has 2 N–H and O–H groups in total. The average Bonchev–Trinajstić information content (AvgIpc) is 1.61. The zero-order valence-corrected chi connectivity index (χ0v) is 3.24. The van der Waals surface area contributed by atoms with Crippen molar-refractivity contribution >= 4 is 0 Å². The third kappa shape index (κ3) is 4.78. The van der Waals surface area contributed by atoms with Crippen molar-refractivity contribution in [1.82, 2.24) is 5.34 Å². The fraction of sp³-hybridized carbons (Fsp3) is 0. The molecule has 0 spiro atoms. The van der Waals surface area contributed by atoms with Crippen molar-refractivity contribution in [2.75, 3.05) is 0 Å². The lowest BCUT2D eigenvalue weighted by molar-refractivity contribution is 0.0182. The van der Waals surface area contributed by atoms with Gasteiger partial charge in [-0.05, 0) is 15.7 Å². The van der Waals surface area contributed by atoms with E-state index in [0.29, 0.717) is 0 Å². The quantitative estimate of drug-likeness (QED) is 0.165. The second kappa shape index (κ2) is 2.99. The number of hydrogen-bond acceptors (Lipinski definition) is 4. The molecule has 38 valence electrons. The maximum atomic E-state index is 11.1. The molecule has 0 aliphatic rings. The van der Waals surface area contributed by atoms with Crippen LogP contribution in [-0.2, 0) is 0 Å². The van der Waals surface area contributed by atoms with Gasteiger partial charge in [-0.15, -0.1) is 0 Å². The molecule has 0 amide bonds. The van der Waals surface area contributed by atoms with Gasteiger partial charge in [-0.1, -0.05) is 4.48 Å². The third-order valence-electron chi connectivity index (χ3n) is 0.175. The van der Waals surface area contributed by atoms with Crippen LogP contribution in [0.2, 0.25) is 0 Å². The highest BCUT2D eigenvalue weighted by atomic mass is 19.2. The zero-order chi connectivity index (χ0) is 5.70. The van der Waals surface area contributed by atoms with E-state index in [1.54, 1.807) is 0 Å². The van der Waals surface area contributed by atoms with E-state index in [9.17, 15) is 4.48 Å². The molecule has 5 nitrogen and oxygen atoms in total. The van der Waals surface area contributed by atoms with E-state index in [2.05, 4.69) is 16.2 Å². The predicted molar refractivity (Wildman–Crippen MR) is 17.6 cm³/mol. The Labute approximate surface area is 38.7 Å². The summed E-state index contributed by atoms with van der Waals surface area (Å²) in [4.78, 5) is 0. The smallest absolute Gasteiger partial charge is 0.199 e. The van der Waals surface area contributed by atoms with E-state index in [-0.39, 0.29) is 0 Å². The lowest BCUT2D eigenvalue weighted by Crippen LogP contribution is -2.12. The van der Waals surface area contributed by atoms with Crippen molar-refractivity contribution in [3.05, 3.63) is 0 Å². The molecule has 0 atom stereocenters. The van der Waals surface area contributed by atoms with E-state index in [4.69, 9.17) is 5.26 Å². The molecule has 6 heteroatoms. The van der Waals surface area contributed by atoms with Gasteiger partial charge in [0.15, 0.2) is 0 Å². The van der Waals surface area contributed by atoms with Crippen molar-refractivity contribution in [2.24, 2.45) is 16.2 Å². The average molecular weight is 103 g/mol. The molecule has 0 bridgehead atoms. The van der Waals surface area contributed by atoms with Crippen LogP contribution >= 0.6 is 0 Å². The van der Waals surface area contributed by atoms with Crippen LogP contribution in [0.3, 0.4) is 0 Å². The molecular formula is CH2FN5. The van der Waals surface area contributed by atoms with Gasteiger partial charge in [0.05, 0.1) is 0 Å². The Morgan fingerprint density at radius 1 is 1.86 bits per heavy atom. The Kier molecular flexibility index (Phi) is 2.47. The monoisotopic (exact) mass is 103 g/mol. The maximum absolute atomic E-state index is 11.1. The van der Waals surface area contributed by atoms with Crippen molar-refractivity contribution in [1.29, 1.82) is 5.26 Å². The minimum absolute atomic E-state index is 0.552. The lowest BCUT2D eigenvalue weighted by Gasteiger charge is -1.87. The number of hydrazine groups is 1. The first-order chi connectivity index (χ1) is 3.27. The molecule has 0 aromatic carbocycles. The molecule has 0 aliphatic heterocycles. The Balaban J connectivity index is 3.31. The first kappa shape index (κ1) is 5.78. The van der Waals surface area contributed by atoms with Crippen molar-refractivity contribution in [3.63, 3.8) is 0 Å². The molecule has 0 rings (SSSR count). The van der Waals surface area contributed by atoms with Gasteiger partial charge >= 0.3 is 0 Å². The van der Waals surface area contributed by atoms with Crippen molar-refractivity contribution in [3.8, 4) is 6.19 Å². The van der Waals surface area contributed by atoms with Gasteiger partial charge in [-0.3, -0.25) is 0 Å². The summed E-state index contributed by atoms with van der Waals surface area (Å²) >= 11 is 0. The summed E-state index contributed by atoms with van der Waals surface area (Å²) in [6.45, 7) is 0. The third-order valence-corrected chi connectivity index (χ3v) is 0.175. The summed E-state index contributed by atoms with van der Waals surface area (Å²) in [6, 6.07) is 0. The summed E-state index contributed by atoms with van der Waals surface area (Å²) < 4.78 is 11.1. The summed E-state index contributed by atoms with van der Waals surface area (Å²) in [5.74, 6) is 4.23. The van der Waals surface area contributed by atoms with Gasteiger partial charge in [0.25, 0.3) is 0 Å². The van der Waals surface area contributed by atoms with E-state index in [1.165, 1.54) is 6.19 Å². The minimum atomic E-state index is -0.552. The van der Waals surface area contributed by atoms with Crippen LogP contribution in [0.25, 0.3) is 0 Å². The van der Waals surface area contributed by atoms with Crippen LogP contribution in [0.15, 0.2) is 10.3 Å². The van der Waals surface area contributed by atoms with E-state index in [1.807, 2.05) is 0 Å². The molecule has 0 fully saturated rings. The summed E-state index contributed by atoms with van der Waals surface area (Å²) in [7, 11) is 0. The number of hydrogen-bond donors (Lipinski definition) is 1. The van der Waals surface area contributed by atoms with Gasteiger partial charge in [-0.2, -0.15) is 11.1 Å². The summed E-state index contributed by atoms with van der Waals surface area (Å²) in [6.07, 6.45) is 1.20. The van der Waals surface area contributed by atoms with Gasteiger partial charge in [0.1, 0.15) is 0 Å². The molecule has 0 saturated heterocycles. The van der Waals surface area contributed by atoms with Crippen molar-refractivity contribution < 1.29 is 4.48 Å². The van der Waals surface area contributed by atoms with Crippen LogP contribution in [0.4, 0.5) is 4.48 Å². The number of nitrogens with two attached hydrogens (primary N) is 1. The number of halogens is 1. The second-order valence-electron chi connectivity index (χ2n) is 0.578. The van der Waals surface area contributed by atoms with Gasteiger partial charge < -0.3 is 0 Å². The molecular weight excluding hydrogens is 101 g/mol. The summed E-state index contributed by atoms with van der Waals surface area (Å²) in [5, 5.41) is 12.0. The van der Waals surface area contributed by atoms with E-state index < -0.39 is 5.34 Å². The van der Waals surface area contributed by atoms with Gasteiger partial charge in [-0.25, -0.2) is 0 Å². The highest BCUT2D eigenvalue weighted by Gasteiger charge is 1.77. The molecule has 0 aromatic heterocycles. The Hall–Kier alpha value is -1.22. The minimum Gasteiger partial charge on any atom is -0.199 e. The highest BCUT2D eigenvalue weighted by Crippen LogP contribution is 1.76. The molecule has 0 radical (unpaired) electrons. The van der Waals surface area contributed by atoms with Crippen LogP contribution in [-0.4, -0.2) is 5.34 Å². The highest BCUT2D eigenvalue weighted by molar-refractivity contribution is 4.56. The van der Waals surface area contributed by atoms with Crippen molar-refractivity contribution in [2.45, 2.75) is 0 Å². The first-order valence-corrected chi connectivity index (χ1v) is 1.27. The SMILES string of the molecule is N#CN=NN(N)F. The predicted octanol–water partition coefficient (Wildman–Crippen LogP) is -0.105. The normalized spacial score (nSPS) is 8.71. The van der Waals surface area contributed by atoms with Crippen LogP contribution < -0.4 is 5.84 Å². The van der Waals surface area contributed by atoms with Crippen LogP contribution in [0.5, 0.6) is 0 Å². The molecule has 0 heterocycles. The van der Waals surface area contributed by atoms with Gasteiger partial charge in [0, 0.05) is 0 Å². The fourth-order valence-corrected chi connectivity index (χ4v) is 0.0627. The first-order valence-electron chi connectivity index (χ1n) is 1.27. The second-order valence-corrected chi connectivity index (χ2v) is 0.578. The Morgan fingerprint density at radius 2 is 2.43 bits per heavy atom. The summed E-state index contributed by atoms with van der Waals surface area (Å²) in [5.41, 5.74) is 0. The number of nitriles is 1. The Morgan fingerprint density at radius 3 is 2.57 bits per heavy atom. The largest absolute Gasteiger partial charge is 0.227 e. The standard InChI is InChI=1S/CH2FN5/c2-7(4)6-5-1-3/h4H2. The topological polar surface area (TPSA) is 77.8 Å². The molecule has 0 aromatic rings. The van der Waals surface area contributed by atoms with E-state index in [0.717, 1.165) is 0 Å². The molecule has 0 aliphatic carbocycles. The number of nitrogens with zero attached hydrogens (tertiary/aromatic N) is 4. The molecule has 0 saturated carbocycles. The Bertz CT molecular complexity index is 99.1. The van der Waals surface area contributed by atoms with Crippen LogP contribution in [0.1, 0.15) is 0 Å².